The first-order chi connectivity index (χ1) is 11.4. The standard InChI is InChI=1S/C18H30N4O2.ClH/c1-13(2)11-16(17(23)20-10-4-9-19)22-18(24)21-12-15-7-5-14(3)6-8-15;/h5-8,13,16H,4,9-12,19H2,1-3H3,(H,20,23)(H2,21,22,24);1H. The fraction of sp³-hybridized carbons (Fsp3) is 0.556. The summed E-state index contributed by atoms with van der Waals surface area (Å²) in [5.74, 6) is 0.135. The van der Waals surface area contributed by atoms with E-state index in [9.17, 15) is 9.59 Å². The summed E-state index contributed by atoms with van der Waals surface area (Å²) < 4.78 is 0. The van der Waals surface area contributed by atoms with Crippen LogP contribution in [0.2, 0.25) is 0 Å². The number of hydrogen-bond donors (Lipinski definition) is 4. The molecule has 0 bridgehead atoms. The van der Waals surface area contributed by atoms with Crippen LogP contribution in [0.25, 0.3) is 0 Å². The summed E-state index contributed by atoms with van der Waals surface area (Å²) in [7, 11) is 0. The second-order valence-electron chi connectivity index (χ2n) is 6.43. The van der Waals surface area contributed by atoms with Crippen LogP contribution < -0.4 is 21.7 Å². The summed E-state index contributed by atoms with van der Waals surface area (Å²) in [6.07, 6.45) is 1.31. The Morgan fingerprint density at radius 2 is 1.76 bits per heavy atom. The molecule has 142 valence electrons. The van der Waals surface area contributed by atoms with E-state index in [0.29, 0.717) is 32.0 Å². The molecule has 0 spiro atoms. The van der Waals surface area contributed by atoms with E-state index in [0.717, 1.165) is 12.0 Å². The molecule has 1 rings (SSSR count). The largest absolute Gasteiger partial charge is 0.354 e. The van der Waals surface area contributed by atoms with Crippen LogP contribution in [0.5, 0.6) is 0 Å². The molecule has 0 radical (unpaired) electrons. The maximum Gasteiger partial charge on any atom is 0.315 e. The third-order valence-corrected chi connectivity index (χ3v) is 3.58. The van der Waals surface area contributed by atoms with Gasteiger partial charge < -0.3 is 21.7 Å². The van der Waals surface area contributed by atoms with Crippen LogP contribution in [-0.2, 0) is 11.3 Å². The topological polar surface area (TPSA) is 96.2 Å². The number of halogens is 1. The molecule has 6 nitrogen and oxygen atoms in total. The first-order valence-electron chi connectivity index (χ1n) is 8.50. The van der Waals surface area contributed by atoms with Gasteiger partial charge in [0.25, 0.3) is 0 Å². The highest BCUT2D eigenvalue weighted by atomic mass is 35.5. The lowest BCUT2D eigenvalue weighted by Crippen LogP contribution is -2.50. The minimum Gasteiger partial charge on any atom is -0.354 e. The molecular weight excluding hydrogens is 340 g/mol. The number of amides is 3. The molecule has 0 saturated heterocycles. The van der Waals surface area contributed by atoms with E-state index in [1.165, 1.54) is 5.56 Å². The minimum atomic E-state index is -0.541. The smallest absolute Gasteiger partial charge is 0.315 e. The van der Waals surface area contributed by atoms with Crippen LogP contribution in [0.15, 0.2) is 24.3 Å². The van der Waals surface area contributed by atoms with Crippen LogP contribution in [-0.4, -0.2) is 31.1 Å². The van der Waals surface area contributed by atoms with Crippen LogP contribution in [0, 0.1) is 12.8 Å². The Balaban J connectivity index is 0.00000576. The van der Waals surface area contributed by atoms with E-state index in [2.05, 4.69) is 16.0 Å². The van der Waals surface area contributed by atoms with Gasteiger partial charge in [-0.05, 0) is 37.8 Å². The third kappa shape index (κ3) is 9.94. The molecule has 1 aromatic rings. The summed E-state index contributed by atoms with van der Waals surface area (Å²) in [5.41, 5.74) is 7.62. The molecule has 1 aromatic carbocycles. The van der Waals surface area contributed by atoms with Crippen molar-refractivity contribution >= 4 is 24.3 Å². The first-order valence-corrected chi connectivity index (χ1v) is 8.50. The van der Waals surface area contributed by atoms with Crippen molar-refractivity contribution in [2.24, 2.45) is 11.7 Å². The lowest BCUT2D eigenvalue weighted by atomic mass is 10.0. The van der Waals surface area contributed by atoms with Crippen molar-refractivity contribution in [1.82, 2.24) is 16.0 Å². The predicted molar refractivity (Wildman–Crippen MR) is 104 cm³/mol. The monoisotopic (exact) mass is 370 g/mol. The van der Waals surface area contributed by atoms with Gasteiger partial charge in [0.15, 0.2) is 0 Å². The summed E-state index contributed by atoms with van der Waals surface area (Å²) in [4.78, 5) is 24.3. The quantitative estimate of drug-likeness (QED) is 0.501. The average molecular weight is 371 g/mol. The molecule has 0 heterocycles. The molecule has 7 heteroatoms. The Hall–Kier alpha value is -1.79. The molecule has 25 heavy (non-hydrogen) atoms. The second kappa shape index (κ2) is 12.6. The molecule has 1 atom stereocenters. The number of nitrogens with two attached hydrogens (primary N) is 1. The Morgan fingerprint density at radius 1 is 1.12 bits per heavy atom. The van der Waals surface area contributed by atoms with E-state index < -0.39 is 6.04 Å². The highest BCUT2D eigenvalue weighted by Crippen LogP contribution is 2.06. The maximum atomic E-state index is 12.2. The first kappa shape index (κ1) is 23.2. The van der Waals surface area contributed by atoms with Crippen molar-refractivity contribution < 1.29 is 9.59 Å². The number of urea groups is 1. The lowest BCUT2D eigenvalue weighted by molar-refractivity contribution is -0.123. The summed E-state index contributed by atoms with van der Waals surface area (Å²) in [6.45, 7) is 7.54. The van der Waals surface area contributed by atoms with E-state index in [1.54, 1.807) is 0 Å². The molecule has 0 aliphatic carbocycles. The van der Waals surface area contributed by atoms with Gasteiger partial charge in [-0.15, -0.1) is 12.4 Å². The molecule has 1 unspecified atom stereocenters. The van der Waals surface area contributed by atoms with Gasteiger partial charge in [-0.1, -0.05) is 43.7 Å². The van der Waals surface area contributed by atoms with E-state index in [1.807, 2.05) is 45.0 Å². The molecule has 3 amide bonds. The zero-order valence-electron chi connectivity index (χ0n) is 15.3. The van der Waals surface area contributed by atoms with Gasteiger partial charge in [0.1, 0.15) is 6.04 Å². The highest BCUT2D eigenvalue weighted by molar-refractivity contribution is 5.87. The zero-order chi connectivity index (χ0) is 17.9. The Bertz CT molecular complexity index is 520. The number of carbonyl (C=O) groups excluding carboxylic acids is 2. The van der Waals surface area contributed by atoms with Crippen molar-refractivity contribution in [1.29, 1.82) is 0 Å². The van der Waals surface area contributed by atoms with Gasteiger partial charge in [0.2, 0.25) is 5.91 Å². The van der Waals surface area contributed by atoms with Gasteiger partial charge in [0, 0.05) is 13.1 Å². The number of benzene rings is 1. The van der Waals surface area contributed by atoms with Crippen LogP contribution in [0.1, 0.15) is 37.8 Å². The fourth-order valence-corrected chi connectivity index (χ4v) is 2.24. The molecule has 0 aliphatic heterocycles. The number of hydrogen-bond acceptors (Lipinski definition) is 3. The summed E-state index contributed by atoms with van der Waals surface area (Å²) in [6, 6.07) is 7.07. The Labute approximate surface area is 156 Å². The van der Waals surface area contributed by atoms with E-state index in [-0.39, 0.29) is 24.3 Å². The third-order valence-electron chi connectivity index (χ3n) is 3.58. The van der Waals surface area contributed by atoms with Gasteiger partial charge in [0.05, 0.1) is 0 Å². The molecule has 0 fully saturated rings. The molecule has 5 N–H and O–H groups in total. The number of rotatable bonds is 9. The van der Waals surface area contributed by atoms with Gasteiger partial charge in [-0.3, -0.25) is 4.79 Å². The number of nitrogens with one attached hydrogen (secondary N) is 3. The molecule has 0 aromatic heterocycles. The van der Waals surface area contributed by atoms with Crippen molar-refractivity contribution in [3.05, 3.63) is 35.4 Å². The Kier molecular flexibility index (Phi) is 11.7. The second-order valence-corrected chi connectivity index (χ2v) is 6.43. The van der Waals surface area contributed by atoms with E-state index in [4.69, 9.17) is 5.73 Å². The summed E-state index contributed by atoms with van der Waals surface area (Å²) >= 11 is 0. The average Bonchev–Trinajstić information content (AvgIpc) is 2.53. The zero-order valence-corrected chi connectivity index (χ0v) is 16.1. The van der Waals surface area contributed by atoms with Crippen molar-refractivity contribution in [2.75, 3.05) is 13.1 Å². The lowest BCUT2D eigenvalue weighted by Gasteiger charge is -2.20. The summed E-state index contributed by atoms with van der Waals surface area (Å²) in [5, 5.41) is 8.37. The predicted octanol–water partition coefficient (Wildman–Crippen LogP) is 2.10. The van der Waals surface area contributed by atoms with Crippen LogP contribution in [0.3, 0.4) is 0 Å². The fourth-order valence-electron chi connectivity index (χ4n) is 2.24. The van der Waals surface area contributed by atoms with Gasteiger partial charge >= 0.3 is 6.03 Å². The van der Waals surface area contributed by atoms with Crippen LogP contribution in [0.4, 0.5) is 4.79 Å². The molecule has 0 saturated carbocycles. The van der Waals surface area contributed by atoms with Crippen molar-refractivity contribution in [3.63, 3.8) is 0 Å². The van der Waals surface area contributed by atoms with Gasteiger partial charge in [-0.2, -0.15) is 0 Å². The van der Waals surface area contributed by atoms with Crippen LogP contribution >= 0.6 is 12.4 Å². The normalized spacial score (nSPS) is 11.4. The number of aryl methyl sites for hydroxylation is 1. The molecule has 0 aliphatic rings. The van der Waals surface area contributed by atoms with Crippen molar-refractivity contribution in [3.8, 4) is 0 Å². The maximum absolute atomic E-state index is 12.2. The van der Waals surface area contributed by atoms with Crippen molar-refractivity contribution in [2.45, 2.75) is 46.2 Å². The minimum absolute atomic E-state index is 0. The number of carbonyl (C=O) groups is 2. The van der Waals surface area contributed by atoms with E-state index >= 15 is 0 Å². The highest BCUT2D eigenvalue weighted by Gasteiger charge is 2.21. The SMILES string of the molecule is Cc1ccc(CNC(=O)NC(CC(C)C)C(=O)NCCCN)cc1.Cl. The van der Waals surface area contributed by atoms with Gasteiger partial charge in [-0.25, -0.2) is 4.79 Å². The molecular formula is C18H31ClN4O2. The Morgan fingerprint density at radius 3 is 2.32 bits per heavy atom.